The number of nitrogens with two attached hydrogens (primary N) is 1. The third kappa shape index (κ3) is 3.41. The molecular formula is C21H20N6O3. The van der Waals surface area contributed by atoms with E-state index in [0.717, 1.165) is 22.3 Å². The molecule has 0 unspecified atom stereocenters. The van der Waals surface area contributed by atoms with Crippen LogP contribution in [0, 0.1) is 30.9 Å². The van der Waals surface area contributed by atoms with Gasteiger partial charge in [0.25, 0.3) is 5.89 Å². The molecule has 0 amide bonds. The van der Waals surface area contributed by atoms with E-state index in [1.54, 1.807) is 18.5 Å². The Morgan fingerprint density at radius 1 is 1.13 bits per heavy atom. The highest BCUT2D eigenvalue weighted by atomic mass is 16.6. The summed E-state index contributed by atoms with van der Waals surface area (Å²) in [7, 11) is 0. The van der Waals surface area contributed by atoms with Gasteiger partial charge in [-0.2, -0.15) is 10.1 Å². The van der Waals surface area contributed by atoms with Gasteiger partial charge in [-0.25, -0.2) is 0 Å². The van der Waals surface area contributed by atoms with Crippen LogP contribution in [0.15, 0.2) is 47.0 Å². The summed E-state index contributed by atoms with van der Waals surface area (Å²) in [6, 6.07) is 13.1. The second kappa shape index (κ2) is 7.43. The molecule has 4 rings (SSSR count). The van der Waals surface area contributed by atoms with E-state index >= 15 is 0 Å². The number of nitrogen functional groups attached to an aromatic ring is 1. The molecule has 0 aliphatic carbocycles. The first-order valence-corrected chi connectivity index (χ1v) is 9.32. The summed E-state index contributed by atoms with van der Waals surface area (Å²) in [6.45, 7) is 5.68. The van der Waals surface area contributed by atoms with E-state index in [1.807, 2.05) is 49.4 Å². The summed E-state index contributed by atoms with van der Waals surface area (Å²) in [4.78, 5) is 15.3. The van der Waals surface area contributed by atoms with Gasteiger partial charge in [0.1, 0.15) is 11.4 Å². The smallest absolute Gasteiger partial charge is 0.312 e. The van der Waals surface area contributed by atoms with Crippen LogP contribution in [0.4, 0.5) is 11.4 Å². The van der Waals surface area contributed by atoms with Crippen LogP contribution in [-0.2, 0) is 6.54 Å². The average Bonchev–Trinajstić information content (AvgIpc) is 3.29. The minimum atomic E-state index is -0.396. The van der Waals surface area contributed by atoms with Crippen LogP contribution < -0.4 is 5.73 Å². The standard InChI is InChI=1S/C21H20N6O3/c1-12-17(5-4-6-18(12)22)20-23-21(30-25-20)16-9-7-15(8-10-16)11-26-14(3)19(27(28)29)13(2)24-26/h4-10H,11,22H2,1-3H3. The van der Waals surface area contributed by atoms with E-state index in [4.69, 9.17) is 10.3 Å². The van der Waals surface area contributed by atoms with Gasteiger partial charge in [-0.1, -0.05) is 29.4 Å². The lowest BCUT2D eigenvalue weighted by Gasteiger charge is -2.04. The number of hydrogen-bond acceptors (Lipinski definition) is 7. The highest BCUT2D eigenvalue weighted by molar-refractivity contribution is 5.68. The van der Waals surface area contributed by atoms with Crippen molar-refractivity contribution < 1.29 is 9.45 Å². The lowest BCUT2D eigenvalue weighted by atomic mass is 10.1. The monoisotopic (exact) mass is 404 g/mol. The van der Waals surface area contributed by atoms with Gasteiger partial charge >= 0.3 is 5.69 Å². The summed E-state index contributed by atoms with van der Waals surface area (Å²) < 4.78 is 7.06. The van der Waals surface area contributed by atoms with E-state index < -0.39 is 4.92 Å². The van der Waals surface area contributed by atoms with E-state index in [0.29, 0.717) is 35.3 Å². The van der Waals surface area contributed by atoms with E-state index in [1.165, 1.54) is 0 Å². The molecule has 2 aromatic carbocycles. The zero-order valence-corrected chi connectivity index (χ0v) is 16.8. The van der Waals surface area contributed by atoms with Gasteiger partial charge in [-0.05, 0) is 50.1 Å². The molecule has 0 aliphatic heterocycles. The lowest BCUT2D eigenvalue weighted by molar-refractivity contribution is -0.386. The van der Waals surface area contributed by atoms with Crippen molar-refractivity contribution in [1.29, 1.82) is 0 Å². The van der Waals surface area contributed by atoms with Crippen molar-refractivity contribution >= 4 is 11.4 Å². The molecule has 0 fully saturated rings. The Morgan fingerprint density at radius 3 is 2.53 bits per heavy atom. The number of nitrogens with zero attached hydrogens (tertiary/aromatic N) is 5. The number of anilines is 1. The lowest BCUT2D eigenvalue weighted by Crippen LogP contribution is -2.04. The molecule has 0 spiro atoms. The van der Waals surface area contributed by atoms with Crippen LogP contribution in [0.2, 0.25) is 0 Å². The number of hydrogen-bond donors (Lipinski definition) is 1. The fourth-order valence-electron chi connectivity index (χ4n) is 3.38. The molecule has 9 heteroatoms. The third-order valence-electron chi connectivity index (χ3n) is 5.10. The largest absolute Gasteiger partial charge is 0.398 e. The van der Waals surface area contributed by atoms with Crippen LogP contribution in [0.1, 0.15) is 22.5 Å². The van der Waals surface area contributed by atoms with E-state index in [9.17, 15) is 10.1 Å². The van der Waals surface area contributed by atoms with Crippen molar-refractivity contribution in [2.75, 3.05) is 5.73 Å². The molecule has 0 bridgehead atoms. The number of aromatic nitrogens is 4. The molecule has 0 aliphatic rings. The summed E-state index contributed by atoms with van der Waals surface area (Å²) in [5.41, 5.74) is 11.1. The normalized spacial score (nSPS) is 11.0. The van der Waals surface area contributed by atoms with Crippen molar-refractivity contribution in [3.63, 3.8) is 0 Å². The van der Waals surface area contributed by atoms with Gasteiger partial charge in [-0.15, -0.1) is 0 Å². The molecule has 4 aromatic rings. The number of nitro groups is 1. The second-order valence-corrected chi connectivity index (χ2v) is 7.07. The molecule has 0 radical (unpaired) electrons. The van der Waals surface area contributed by atoms with Gasteiger partial charge in [-0.3, -0.25) is 14.8 Å². The van der Waals surface area contributed by atoms with Gasteiger partial charge in [0, 0.05) is 16.8 Å². The maximum absolute atomic E-state index is 11.2. The summed E-state index contributed by atoms with van der Waals surface area (Å²) in [5.74, 6) is 0.883. The Hall–Kier alpha value is -4.01. The molecule has 0 atom stereocenters. The Morgan fingerprint density at radius 2 is 1.87 bits per heavy atom. The van der Waals surface area contributed by atoms with E-state index in [-0.39, 0.29) is 5.69 Å². The molecule has 2 N–H and O–H groups in total. The first kappa shape index (κ1) is 19.3. The zero-order valence-electron chi connectivity index (χ0n) is 16.8. The van der Waals surface area contributed by atoms with Gasteiger partial charge < -0.3 is 10.3 Å². The van der Waals surface area contributed by atoms with Crippen molar-refractivity contribution in [3.8, 4) is 22.8 Å². The zero-order chi connectivity index (χ0) is 21.4. The van der Waals surface area contributed by atoms with Crippen LogP contribution in [-0.4, -0.2) is 24.8 Å². The summed E-state index contributed by atoms with van der Waals surface area (Å²) in [5, 5.41) is 19.5. The van der Waals surface area contributed by atoms with Crippen LogP contribution in [0.3, 0.4) is 0 Å². The Balaban J connectivity index is 1.56. The Labute approximate surface area is 172 Å². The van der Waals surface area contributed by atoms with Crippen molar-refractivity contribution in [1.82, 2.24) is 19.9 Å². The molecule has 9 nitrogen and oxygen atoms in total. The number of rotatable bonds is 5. The quantitative estimate of drug-likeness (QED) is 0.302. The first-order chi connectivity index (χ1) is 14.3. The molecular weight excluding hydrogens is 384 g/mol. The highest BCUT2D eigenvalue weighted by Gasteiger charge is 2.21. The third-order valence-corrected chi connectivity index (χ3v) is 5.10. The van der Waals surface area contributed by atoms with Crippen LogP contribution in [0.5, 0.6) is 0 Å². The second-order valence-electron chi connectivity index (χ2n) is 7.07. The minimum absolute atomic E-state index is 0.0573. The minimum Gasteiger partial charge on any atom is -0.398 e. The van der Waals surface area contributed by atoms with Crippen LogP contribution >= 0.6 is 0 Å². The van der Waals surface area contributed by atoms with Gasteiger partial charge in [0.2, 0.25) is 5.82 Å². The van der Waals surface area contributed by atoms with Crippen molar-refractivity contribution in [2.24, 2.45) is 0 Å². The Kier molecular flexibility index (Phi) is 4.78. The highest BCUT2D eigenvalue weighted by Crippen LogP contribution is 2.28. The predicted molar refractivity (Wildman–Crippen MR) is 112 cm³/mol. The molecule has 0 saturated carbocycles. The molecule has 2 heterocycles. The maximum atomic E-state index is 11.2. The van der Waals surface area contributed by atoms with Crippen molar-refractivity contribution in [3.05, 3.63) is 75.1 Å². The first-order valence-electron chi connectivity index (χ1n) is 9.32. The van der Waals surface area contributed by atoms with Crippen LogP contribution in [0.25, 0.3) is 22.8 Å². The summed E-state index contributed by atoms with van der Waals surface area (Å²) >= 11 is 0. The molecule has 152 valence electrons. The fourth-order valence-corrected chi connectivity index (χ4v) is 3.38. The number of benzene rings is 2. The van der Waals surface area contributed by atoms with E-state index in [2.05, 4.69) is 15.2 Å². The molecule has 0 saturated heterocycles. The maximum Gasteiger partial charge on any atom is 0.312 e. The topological polar surface area (TPSA) is 126 Å². The average molecular weight is 404 g/mol. The van der Waals surface area contributed by atoms with Gasteiger partial charge in [0.05, 0.1) is 11.5 Å². The predicted octanol–water partition coefficient (Wildman–Crippen LogP) is 4.06. The van der Waals surface area contributed by atoms with Gasteiger partial charge in [0.15, 0.2) is 0 Å². The Bertz CT molecular complexity index is 1240. The fraction of sp³-hybridized carbons (Fsp3) is 0.190. The van der Waals surface area contributed by atoms with Crippen molar-refractivity contribution in [2.45, 2.75) is 27.3 Å². The SMILES string of the molecule is Cc1nn(Cc2ccc(-c3nc(-c4cccc(N)c4C)no3)cc2)c(C)c1[N+](=O)[O-]. The number of aryl methyl sites for hydroxylation is 1. The summed E-state index contributed by atoms with van der Waals surface area (Å²) in [6.07, 6.45) is 0. The molecule has 2 aromatic heterocycles. The molecule has 30 heavy (non-hydrogen) atoms.